The summed E-state index contributed by atoms with van der Waals surface area (Å²) >= 11 is 0. The molecule has 2 N–H and O–H groups in total. The highest BCUT2D eigenvalue weighted by atomic mass is 16.5. The highest BCUT2D eigenvalue weighted by molar-refractivity contribution is 6.04. The fraction of sp³-hybridized carbons (Fsp3) is 0.474. The lowest BCUT2D eigenvalue weighted by Gasteiger charge is -2.18. The number of nitrogens with zero attached hydrogens (tertiary/aromatic N) is 1. The number of esters is 1. The molecule has 1 fully saturated rings. The zero-order valence-corrected chi connectivity index (χ0v) is 15.6. The third kappa shape index (κ3) is 6.09. The van der Waals surface area contributed by atoms with Crippen molar-refractivity contribution in [3.63, 3.8) is 0 Å². The molecule has 1 heterocycles. The largest absolute Gasteiger partial charge is 0.452 e. The number of rotatable bonds is 7. The van der Waals surface area contributed by atoms with E-state index in [1.54, 1.807) is 29.2 Å². The fourth-order valence-electron chi connectivity index (χ4n) is 2.67. The summed E-state index contributed by atoms with van der Waals surface area (Å²) in [6.45, 7) is 4.46. The standard InChI is InChI=1S/C19H25N3O5/c1-13(2)9-10-20-19(26)21-16(23)12-27-18(25)14-6-3-4-7-15(14)22-11-5-8-17(22)24/h3-4,6-7,13H,5,8-12H2,1-2H3,(H2,20,21,23,26). The first-order chi connectivity index (χ1) is 12.9. The van der Waals surface area contributed by atoms with Gasteiger partial charge in [-0.2, -0.15) is 0 Å². The average Bonchev–Trinajstić information content (AvgIpc) is 3.05. The number of hydrogen-bond donors (Lipinski definition) is 2. The molecule has 8 nitrogen and oxygen atoms in total. The fourth-order valence-corrected chi connectivity index (χ4v) is 2.67. The van der Waals surface area contributed by atoms with Crippen molar-refractivity contribution in [1.29, 1.82) is 0 Å². The van der Waals surface area contributed by atoms with E-state index in [1.165, 1.54) is 0 Å². The number of benzene rings is 1. The first kappa shape index (κ1) is 20.4. The summed E-state index contributed by atoms with van der Waals surface area (Å²) in [5, 5.41) is 4.67. The van der Waals surface area contributed by atoms with Gasteiger partial charge in [0.05, 0.1) is 11.3 Å². The smallest absolute Gasteiger partial charge is 0.340 e. The number of urea groups is 1. The summed E-state index contributed by atoms with van der Waals surface area (Å²) < 4.78 is 5.00. The van der Waals surface area contributed by atoms with E-state index in [2.05, 4.69) is 10.6 Å². The maximum atomic E-state index is 12.3. The van der Waals surface area contributed by atoms with Gasteiger partial charge in [-0.3, -0.25) is 14.9 Å². The molecule has 8 heteroatoms. The van der Waals surface area contributed by atoms with Crippen molar-refractivity contribution in [2.75, 3.05) is 24.6 Å². The number of nitrogens with one attached hydrogen (secondary N) is 2. The third-order valence-electron chi connectivity index (χ3n) is 4.08. The maximum Gasteiger partial charge on any atom is 0.340 e. The van der Waals surface area contributed by atoms with Crippen LogP contribution in [-0.2, 0) is 14.3 Å². The van der Waals surface area contributed by atoms with Gasteiger partial charge in [0, 0.05) is 19.5 Å². The van der Waals surface area contributed by atoms with Crippen LogP contribution in [0.1, 0.15) is 43.5 Å². The number of carbonyl (C=O) groups excluding carboxylic acids is 4. The van der Waals surface area contributed by atoms with E-state index < -0.39 is 24.5 Å². The zero-order chi connectivity index (χ0) is 19.8. The van der Waals surface area contributed by atoms with Gasteiger partial charge < -0.3 is 15.0 Å². The lowest BCUT2D eigenvalue weighted by molar-refractivity contribution is -0.123. The van der Waals surface area contributed by atoms with E-state index in [0.717, 1.165) is 12.8 Å². The van der Waals surface area contributed by atoms with Gasteiger partial charge in [-0.1, -0.05) is 26.0 Å². The van der Waals surface area contributed by atoms with Crippen molar-refractivity contribution in [3.8, 4) is 0 Å². The Morgan fingerprint density at radius 1 is 1.22 bits per heavy atom. The highest BCUT2D eigenvalue weighted by Gasteiger charge is 2.26. The predicted molar refractivity (Wildman–Crippen MR) is 99.3 cm³/mol. The number of amides is 4. The second kappa shape index (κ2) is 9.70. The van der Waals surface area contributed by atoms with Gasteiger partial charge in [0.15, 0.2) is 6.61 Å². The molecule has 4 amide bonds. The Bertz CT molecular complexity index is 717. The maximum absolute atomic E-state index is 12.3. The first-order valence-electron chi connectivity index (χ1n) is 9.02. The van der Waals surface area contributed by atoms with Gasteiger partial charge in [-0.25, -0.2) is 9.59 Å². The van der Waals surface area contributed by atoms with Crippen molar-refractivity contribution in [2.24, 2.45) is 5.92 Å². The Kier molecular flexibility index (Phi) is 7.34. The Hall–Kier alpha value is -2.90. The van der Waals surface area contributed by atoms with Crippen molar-refractivity contribution in [1.82, 2.24) is 10.6 Å². The molecule has 1 aromatic carbocycles. The molecule has 1 saturated heterocycles. The molecule has 2 rings (SSSR count). The molecular weight excluding hydrogens is 350 g/mol. The molecule has 0 unspecified atom stereocenters. The Labute approximate surface area is 158 Å². The van der Waals surface area contributed by atoms with Gasteiger partial charge in [0.2, 0.25) is 5.91 Å². The molecule has 0 atom stereocenters. The minimum absolute atomic E-state index is 0.0499. The van der Waals surface area contributed by atoms with Crippen LogP contribution in [0.4, 0.5) is 10.5 Å². The molecule has 27 heavy (non-hydrogen) atoms. The van der Waals surface area contributed by atoms with E-state index in [4.69, 9.17) is 4.74 Å². The lowest BCUT2D eigenvalue weighted by atomic mass is 10.1. The van der Waals surface area contributed by atoms with Crippen LogP contribution in [0.2, 0.25) is 0 Å². The quantitative estimate of drug-likeness (QED) is 0.708. The second-order valence-corrected chi connectivity index (χ2v) is 6.73. The topological polar surface area (TPSA) is 105 Å². The third-order valence-corrected chi connectivity index (χ3v) is 4.08. The molecule has 1 aliphatic rings. The lowest BCUT2D eigenvalue weighted by Crippen LogP contribution is -2.42. The molecule has 146 valence electrons. The summed E-state index contributed by atoms with van der Waals surface area (Å²) in [6.07, 6.45) is 1.97. The first-order valence-corrected chi connectivity index (χ1v) is 9.02. The molecule has 0 aromatic heterocycles. The molecular formula is C19H25N3O5. The Morgan fingerprint density at radius 2 is 1.96 bits per heavy atom. The molecule has 1 aliphatic heterocycles. The van der Waals surface area contributed by atoms with E-state index in [9.17, 15) is 19.2 Å². The van der Waals surface area contributed by atoms with Crippen LogP contribution >= 0.6 is 0 Å². The molecule has 0 bridgehead atoms. The van der Waals surface area contributed by atoms with Crippen molar-refractivity contribution < 1.29 is 23.9 Å². The minimum atomic E-state index is -0.722. The van der Waals surface area contributed by atoms with Gasteiger partial charge >= 0.3 is 12.0 Å². The van der Waals surface area contributed by atoms with Gasteiger partial charge in [0.25, 0.3) is 5.91 Å². The van der Waals surface area contributed by atoms with Gasteiger partial charge in [0.1, 0.15) is 0 Å². The number of imide groups is 1. The second-order valence-electron chi connectivity index (χ2n) is 6.73. The molecule has 0 aliphatic carbocycles. The van der Waals surface area contributed by atoms with Gasteiger partial charge in [-0.05, 0) is 30.9 Å². The van der Waals surface area contributed by atoms with Crippen LogP contribution in [0.15, 0.2) is 24.3 Å². The number of carbonyl (C=O) groups is 4. The summed E-state index contributed by atoms with van der Waals surface area (Å²) in [5.41, 5.74) is 0.679. The van der Waals surface area contributed by atoms with Crippen LogP contribution in [0.5, 0.6) is 0 Å². The van der Waals surface area contributed by atoms with Crippen LogP contribution in [0.25, 0.3) is 0 Å². The van der Waals surface area contributed by atoms with Crippen LogP contribution in [0.3, 0.4) is 0 Å². The SMILES string of the molecule is CC(C)CCNC(=O)NC(=O)COC(=O)c1ccccc1N1CCCC1=O. The van der Waals surface area contributed by atoms with Crippen molar-refractivity contribution in [3.05, 3.63) is 29.8 Å². The molecule has 0 saturated carbocycles. The Balaban J connectivity index is 1.86. The van der Waals surface area contributed by atoms with Crippen LogP contribution in [0, 0.1) is 5.92 Å². The molecule has 0 spiro atoms. The number of para-hydroxylation sites is 1. The zero-order valence-electron chi connectivity index (χ0n) is 15.6. The molecule has 1 aromatic rings. The Morgan fingerprint density at radius 3 is 2.63 bits per heavy atom. The van der Waals surface area contributed by atoms with Crippen molar-refractivity contribution in [2.45, 2.75) is 33.1 Å². The predicted octanol–water partition coefficient (Wildman–Crippen LogP) is 1.84. The monoisotopic (exact) mass is 375 g/mol. The van der Waals surface area contributed by atoms with E-state index in [0.29, 0.717) is 31.1 Å². The normalized spacial score (nSPS) is 13.6. The van der Waals surface area contributed by atoms with Crippen molar-refractivity contribution >= 4 is 29.5 Å². The number of hydrogen-bond acceptors (Lipinski definition) is 5. The number of ether oxygens (including phenoxy) is 1. The summed E-state index contributed by atoms with van der Waals surface area (Å²) in [7, 11) is 0. The summed E-state index contributed by atoms with van der Waals surface area (Å²) in [6, 6.07) is 5.97. The van der Waals surface area contributed by atoms with Gasteiger partial charge in [-0.15, -0.1) is 0 Å². The van der Waals surface area contributed by atoms with Crippen LogP contribution < -0.4 is 15.5 Å². The summed E-state index contributed by atoms with van der Waals surface area (Å²) in [4.78, 5) is 49.1. The van der Waals surface area contributed by atoms with E-state index >= 15 is 0 Å². The number of anilines is 1. The van der Waals surface area contributed by atoms with E-state index in [1.807, 2.05) is 13.8 Å². The minimum Gasteiger partial charge on any atom is -0.452 e. The molecule has 0 radical (unpaired) electrons. The average molecular weight is 375 g/mol. The van der Waals surface area contributed by atoms with E-state index in [-0.39, 0.29) is 11.5 Å². The highest BCUT2D eigenvalue weighted by Crippen LogP contribution is 2.25. The summed E-state index contributed by atoms with van der Waals surface area (Å²) in [5.74, 6) is -1.06. The van der Waals surface area contributed by atoms with Crippen LogP contribution in [-0.4, -0.2) is 43.5 Å².